The van der Waals surface area contributed by atoms with E-state index in [4.69, 9.17) is 9.26 Å². The van der Waals surface area contributed by atoms with Gasteiger partial charge in [-0.25, -0.2) is 0 Å². The minimum Gasteiger partial charge on any atom is -0.377 e. The van der Waals surface area contributed by atoms with Gasteiger partial charge in [-0.05, 0) is 18.2 Å². The van der Waals surface area contributed by atoms with E-state index in [-0.39, 0.29) is 0 Å². The molecule has 0 saturated carbocycles. The molecule has 0 amide bonds. The number of ether oxygens (including phenoxy) is 1. The van der Waals surface area contributed by atoms with Crippen LogP contribution in [0.3, 0.4) is 0 Å². The Hall–Kier alpha value is -2.14. The van der Waals surface area contributed by atoms with Gasteiger partial charge in [-0.15, -0.1) is 0 Å². The highest BCUT2D eigenvalue weighted by Gasteiger charge is 2.12. The van der Waals surface area contributed by atoms with E-state index in [0.717, 1.165) is 16.5 Å². The third-order valence-electron chi connectivity index (χ3n) is 2.90. The molecule has 3 aromatic rings. The van der Waals surface area contributed by atoms with Crippen molar-refractivity contribution < 1.29 is 9.26 Å². The zero-order chi connectivity index (χ0) is 12.5. The van der Waals surface area contributed by atoms with Gasteiger partial charge in [-0.1, -0.05) is 11.2 Å². The minimum atomic E-state index is 0.355. The molecule has 18 heavy (non-hydrogen) atoms. The largest absolute Gasteiger partial charge is 0.377 e. The van der Waals surface area contributed by atoms with Crippen molar-refractivity contribution in [1.29, 1.82) is 0 Å². The van der Waals surface area contributed by atoms with Gasteiger partial charge >= 0.3 is 0 Å². The third kappa shape index (κ3) is 1.69. The van der Waals surface area contributed by atoms with Crippen LogP contribution in [0.25, 0.3) is 22.4 Å². The summed E-state index contributed by atoms with van der Waals surface area (Å²) in [4.78, 5) is 4.32. The summed E-state index contributed by atoms with van der Waals surface area (Å²) in [5.74, 6) is 1.08. The molecule has 0 aliphatic rings. The molecule has 0 radical (unpaired) electrons. The lowest BCUT2D eigenvalue weighted by atomic mass is 10.1. The fourth-order valence-corrected chi connectivity index (χ4v) is 2.04. The van der Waals surface area contributed by atoms with E-state index in [1.165, 1.54) is 0 Å². The molecule has 1 aromatic carbocycles. The van der Waals surface area contributed by atoms with Crippen LogP contribution in [0.5, 0.6) is 0 Å². The van der Waals surface area contributed by atoms with Gasteiger partial charge < -0.3 is 13.8 Å². The Morgan fingerprint density at radius 1 is 1.33 bits per heavy atom. The van der Waals surface area contributed by atoms with Crippen LogP contribution < -0.4 is 0 Å². The van der Waals surface area contributed by atoms with E-state index in [2.05, 4.69) is 20.8 Å². The smallest absolute Gasteiger partial charge is 0.258 e. The first-order valence-electron chi connectivity index (χ1n) is 5.65. The SMILES string of the molecule is COCc1noc(-c2cccc3c2ccn3C)n1. The summed E-state index contributed by atoms with van der Waals surface area (Å²) in [6, 6.07) is 8.07. The van der Waals surface area contributed by atoms with Crippen LogP contribution in [-0.4, -0.2) is 21.8 Å². The fraction of sp³-hybridized carbons (Fsp3) is 0.231. The second kappa shape index (κ2) is 4.27. The Morgan fingerprint density at radius 3 is 3.06 bits per heavy atom. The van der Waals surface area contributed by atoms with Crippen LogP contribution in [0, 0.1) is 0 Å². The number of fused-ring (bicyclic) bond motifs is 1. The summed E-state index contributed by atoms with van der Waals surface area (Å²) >= 11 is 0. The van der Waals surface area contributed by atoms with Crippen molar-refractivity contribution >= 4 is 10.9 Å². The number of rotatable bonds is 3. The summed E-state index contributed by atoms with van der Waals surface area (Å²) in [5.41, 5.74) is 2.09. The number of hydrogen-bond acceptors (Lipinski definition) is 4. The maximum Gasteiger partial charge on any atom is 0.258 e. The van der Waals surface area contributed by atoms with Crippen molar-refractivity contribution in [3.63, 3.8) is 0 Å². The fourth-order valence-electron chi connectivity index (χ4n) is 2.04. The molecule has 92 valence electrons. The minimum absolute atomic E-state index is 0.355. The number of hydrogen-bond donors (Lipinski definition) is 0. The molecule has 0 N–H and O–H groups in total. The third-order valence-corrected chi connectivity index (χ3v) is 2.90. The highest BCUT2D eigenvalue weighted by molar-refractivity contribution is 5.93. The van der Waals surface area contributed by atoms with Crippen LogP contribution in [0.15, 0.2) is 35.0 Å². The highest BCUT2D eigenvalue weighted by atomic mass is 16.5. The maximum absolute atomic E-state index is 5.27. The van der Waals surface area contributed by atoms with Crippen molar-refractivity contribution in [1.82, 2.24) is 14.7 Å². The molecule has 0 bridgehead atoms. The molecule has 2 heterocycles. The van der Waals surface area contributed by atoms with Crippen LogP contribution in [-0.2, 0) is 18.4 Å². The van der Waals surface area contributed by atoms with Crippen molar-refractivity contribution in [3.05, 3.63) is 36.3 Å². The number of methoxy groups -OCH3 is 1. The Morgan fingerprint density at radius 2 is 2.22 bits per heavy atom. The lowest BCUT2D eigenvalue weighted by Gasteiger charge is -1.99. The molecule has 0 fully saturated rings. The number of aryl methyl sites for hydroxylation is 1. The van der Waals surface area contributed by atoms with E-state index in [0.29, 0.717) is 18.3 Å². The first-order valence-corrected chi connectivity index (χ1v) is 5.65. The molecular weight excluding hydrogens is 230 g/mol. The molecule has 0 saturated heterocycles. The maximum atomic E-state index is 5.27. The summed E-state index contributed by atoms with van der Waals surface area (Å²) in [6.07, 6.45) is 2.01. The van der Waals surface area contributed by atoms with Gasteiger partial charge in [0, 0.05) is 36.8 Å². The Bertz CT molecular complexity index is 684. The summed E-state index contributed by atoms with van der Waals surface area (Å²) in [5, 5.41) is 4.98. The van der Waals surface area contributed by atoms with Gasteiger partial charge in [-0.2, -0.15) is 4.98 Å². The molecule has 5 nitrogen and oxygen atoms in total. The van der Waals surface area contributed by atoms with Gasteiger partial charge in [0.1, 0.15) is 6.61 Å². The second-order valence-corrected chi connectivity index (χ2v) is 4.11. The second-order valence-electron chi connectivity index (χ2n) is 4.11. The molecule has 0 unspecified atom stereocenters. The van der Waals surface area contributed by atoms with Gasteiger partial charge in [0.25, 0.3) is 5.89 Å². The van der Waals surface area contributed by atoms with E-state index in [1.54, 1.807) is 7.11 Å². The van der Waals surface area contributed by atoms with Crippen LogP contribution in [0.1, 0.15) is 5.82 Å². The quantitative estimate of drug-likeness (QED) is 0.708. The molecule has 0 aliphatic heterocycles. The Kier molecular flexibility index (Phi) is 2.60. The molecule has 0 atom stereocenters. The van der Waals surface area contributed by atoms with Gasteiger partial charge in [-0.3, -0.25) is 0 Å². The molecule has 0 spiro atoms. The predicted octanol–water partition coefficient (Wildman–Crippen LogP) is 2.37. The molecule has 0 aliphatic carbocycles. The monoisotopic (exact) mass is 243 g/mol. The summed E-state index contributed by atoms with van der Waals surface area (Å²) in [6.45, 7) is 0.355. The first-order chi connectivity index (χ1) is 8.79. The summed E-state index contributed by atoms with van der Waals surface area (Å²) in [7, 11) is 3.62. The lowest BCUT2D eigenvalue weighted by molar-refractivity contribution is 0.174. The topological polar surface area (TPSA) is 53.1 Å². The van der Waals surface area contributed by atoms with Crippen LogP contribution >= 0.6 is 0 Å². The average molecular weight is 243 g/mol. The van der Waals surface area contributed by atoms with E-state index in [9.17, 15) is 0 Å². The average Bonchev–Trinajstić information content (AvgIpc) is 2.98. The lowest BCUT2D eigenvalue weighted by Crippen LogP contribution is -1.89. The Balaban J connectivity index is 2.12. The molecular formula is C13H13N3O2. The highest BCUT2D eigenvalue weighted by Crippen LogP contribution is 2.27. The standard InChI is InChI=1S/C13H13N3O2/c1-16-7-6-9-10(4-3-5-11(9)16)13-14-12(8-17-2)15-18-13/h3-7H,8H2,1-2H3. The number of aromatic nitrogens is 3. The molecule has 5 heteroatoms. The number of nitrogens with zero attached hydrogens (tertiary/aromatic N) is 3. The van der Waals surface area contributed by atoms with E-state index in [1.807, 2.05) is 31.4 Å². The van der Waals surface area contributed by atoms with Crippen molar-refractivity contribution in [2.24, 2.45) is 7.05 Å². The predicted molar refractivity (Wildman–Crippen MR) is 66.9 cm³/mol. The van der Waals surface area contributed by atoms with Gasteiger partial charge in [0.15, 0.2) is 5.82 Å². The van der Waals surface area contributed by atoms with Crippen molar-refractivity contribution in [3.8, 4) is 11.5 Å². The summed E-state index contributed by atoms with van der Waals surface area (Å²) < 4.78 is 12.3. The molecule has 2 aromatic heterocycles. The normalized spacial score (nSPS) is 11.2. The zero-order valence-electron chi connectivity index (χ0n) is 10.3. The Labute approximate surface area is 104 Å². The number of benzene rings is 1. The van der Waals surface area contributed by atoms with Crippen molar-refractivity contribution in [2.45, 2.75) is 6.61 Å². The van der Waals surface area contributed by atoms with Crippen LogP contribution in [0.2, 0.25) is 0 Å². The molecule has 3 rings (SSSR count). The van der Waals surface area contributed by atoms with Crippen molar-refractivity contribution in [2.75, 3.05) is 7.11 Å². The van der Waals surface area contributed by atoms with Crippen LogP contribution in [0.4, 0.5) is 0 Å². The first kappa shape index (κ1) is 11.0. The van der Waals surface area contributed by atoms with E-state index >= 15 is 0 Å². The van der Waals surface area contributed by atoms with Gasteiger partial charge in [0.05, 0.1) is 0 Å². The zero-order valence-corrected chi connectivity index (χ0v) is 10.3. The van der Waals surface area contributed by atoms with Gasteiger partial charge in [0.2, 0.25) is 0 Å². The van der Waals surface area contributed by atoms with E-state index < -0.39 is 0 Å².